The first-order chi connectivity index (χ1) is 9.41. The first kappa shape index (κ1) is 14.5. The highest BCUT2D eigenvalue weighted by Gasteiger charge is 2.28. The Morgan fingerprint density at radius 2 is 2.05 bits per heavy atom. The Balaban J connectivity index is 2.22. The largest absolute Gasteiger partial charge is 0.478 e. The number of amides is 1. The van der Waals surface area contributed by atoms with Crippen LogP contribution in [0.2, 0.25) is 0 Å². The Hall–Kier alpha value is -1.88. The van der Waals surface area contributed by atoms with Crippen LogP contribution >= 0.6 is 0 Å². The van der Waals surface area contributed by atoms with Crippen LogP contribution in [0.3, 0.4) is 0 Å². The van der Waals surface area contributed by atoms with E-state index in [-0.39, 0.29) is 17.9 Å². The number of aromatic carboxylic acids is 1. The van der Waals surface area contributed by atoms with E-state index in [1.165, 1.54) is 0 Å². The van der Waals surface area contributed by atoms with Gasteiger partial charge in [0.25, 0.3) is 0 Å². The minimum atomic E-state index is -0.912. The summed E-state index contributed by atoms with van der Waals surface area (Å²) in [5.41, 5.74) is 7.88. The zero-order valence-electron chi connectivity index (χ0n) is 11.8. The molecule has 20 heavy (non-hydrogen) atoms. The molecule has 0 radical (unpaired) electrons. The fourth-order valence-electron chi connectivity index (χ4n) is 2.51. The zero-order valence-corrected chi connectivity index (χ0v) is 11.8. The molecule has 0 aromatic heterocycles. The molecule has 2 unspecified atom stereocenters. The van der Waals surface area contributed by atoms with Crippen LogP contribution in [-0.2, 0) is 17.8 Å². The Morgan fingerprint density at radius 3 is 2.65 bits per heavy atom. The number of carbonyl (C=O) groups excluding carboxylic acids is 1. The average molecular weight is 276 g/mol. The quantitative estimate of drug-likeness (QED) is 0.870. The molecule has 1 amide bonds. The summed E-state index contributed by atoms with van der Waals surface area (Å²) in [6.07, 6.45) is 0.579. The van der Waals surface area contributed by atoms with Gasteiger partial charge < -0.3 is 15.7 Å². The van der Waals surface area contributed by atoms with E-state index in [0.717, 1.165) is 11.1 Å². The summed E-state index contributed by atoms with van der Waals surface area (Å²) in [5.74, 6) is -1.10. The molecular formula is C15H20N2O3. The van der Waals surface area contributed by atoms with Crippen LogP contribution in [-0.4, -0.2) is 34.5 Å². The van der Waals surface area contributed by atoms with Crippen molar-refractivity contribution in [3.63, 3.8) is 0 Å². The van der Waals surface area contributed by atoms with Crippen LogP contribution in [0.1, 0.15) is 35.3 Å². The molecule has 0 fully saturated rings. The lowest BCUT2D eigenvalue weighted by Gasteiger charge is -2.32. The maximum atomic E-state index is 12.3. The minimum Gasteiger partial charge on any atom is -0.478 e. The van der Waals surface area contributed by atoms with Crippen molar-refractivity contribution in [2.75, 3.05) is 6.54 Å². The number of hydrogen-bond donors (Lipinski definition) is 2. The second-order valence-electron chi connectivity index (χ2n) is 5.41. The molecule has 3 N–H and O–H groups in total. The van der Waals surface area contributed by atoms with E-state index in [4.69, 9.17) is 5.73 Å². The Morgan fingerprint density at radius 1 is 1.35 bits per heavy atom. The van der Waals surface area contributed by atoms with Gasteiger partial charge in [0, 0.05) is 19.1 Å². The van der Waals surface area contributed by atoms with Crippen LogP contribution in [0.25, 0.3) is 0 Å². The highest BCUT2D eigenvalue weighted by Crippen LogP contribution is 2.24. The summed E-state index contributed by atoms with van der Waals surface area (Å²) in [5, 5.41) is 9.18. The first-order valence-electron chi connectivity index (χ1n) is 6.80. The SMILES string of the molecule is CC(N)C(C)C(=O)N1CCc2c(cccc2C(=O)O)C1. The van der Waals surface area contributed by atoms with Gasteiger partial charge in [0.05, 0.1) is 11.5 Å². The fraction of sp³-hybridized carbons (Fsp3) is 0.467. The summed E-state index contributed by atoms with van der Waals surface area (Å²) < 4.78 is 0. The molecule has 0 saturated heterocycles. The first-order valence-corrected chi connectivity index (χ1v) is 6.80. The molecule has 1 aromatic carbocycles. The van der Waals surface area contributed by atoms with Gasteiger partial charge in [-0.2, -0.15) is 0 Å². The van der Waals surface area contributed by atoms with Gasteiger partial charge in [0.2, 0.25) is 5.91 Å². The topological polar surface area (TPSA) is 83.6 Å². The molecule has 0 spiro atoms. The maximum Gasteiger partial charge on any atom is 0.335 e. The van der Waals surface area contributed by atoms with Crippen molar-refractivity contribution >= 4 is 11.9 Å². The molecule has 0 saturated carbocycles. The van der Waals surface area contributed by atoms with Gasteiger partial charge in [-0.25, -0.2) is 4.79 Å². The predicted octanol–water partition coefficient (Wildman–Crippen LogP) is 1.25. The van der Waals surface area contributed by atoms with Crippen molar-refractivity contribution in [2.45, 2.75) is 32.9 Å². The number of nitrogens with two attached hydrogens (primary N) is 1. The predicted molar refractivity (Wildman–Crippen MR) is 75.3 cm³/mol. The third-order valence-electron chi connectivity index (χ3n) is 3.99. The highest BCUT2D eigenvalue weighted by molar-refractivity contribution is 5.90. The maximum absolute atomic E-state index is 12.3. The van der Waals surface area contributed by atoms with Crippen molar-refractivity contribution in [1.82, 2.24) is 4.90 Å². The number of rotatable bonds is 3. The van der Waals surface area contributed by atoms with E-state index in [9.17, 15) is 14.7 Å². The summed E-state index contributed by atoms with van der Waals surface area (Å²) >= 11 is 0. The number of fused-ring (bicyclic) bond motifs is 1. The zero-order chi connectivity index (χ0) is 14.9. The smallest absolute Gasteiger partial charge is 0.335 e. The summed E-state index contributed by atoms with van der Waals surface area (Å²) in [7, 11) is 0. The van der Waals surface area contributed by atoms with Crippen LogP contribution in [0.5, 0.6) is 0 Å². The van der Waals surface area contributed by atoms with Gasteiger partial charge in [-0.1, -0.05) is 19.1 Å². The Labute approximate surface area is 118 Å². The molecule has 5 nitrogen and oxygen atoms in total. The van der Waals surface area contributed by atoms with E-state index in [0.29, 0.717) is 25.1 Å². The van der Waals surface area contributed by atoms with E-state index in [2.05, 4.69) is 0 Å². The molecule has 5 heteroatoms. The second-order valence-corrected chi connectivity index (χ2v) is 5.41. The third kappa shape index (κ3) is 2.67. The normalized spacial score (nSPS) is 17.2. The van der Waals surface area contributed by atoms with Gasteiger partial charge >= 0.3 is 5.97 Å². The molecule has 1 heterocycles. The van der Waals surface area contributed by atoms with E-state index < -0.39 is 5.97 Å². The fourth-order valence-corrected chi connectivity index (χ4v) is 2.51. The molecule has 0 bridgehead atoms. The monoisotopic (exact) mass is 276 g/mol. The number of benzene rings is 1. The van der Waals surface area contributed by atoms with Crippen molar-refractivity contribution < 1.29 is 14.7 Å². The molecule has 2 rings (SSSR count). The number of nitrogens with zero attached hydrogens (tertiary/aromatic N) is 1. The number of carboxylic acids is 1. The molecule has 108 valence electrons. The van der Waals surface area contributed by atoms with Crippen molar-refractivity contribution in [1.29, 1.82) is 0 Å². The van der Waals surface area contributed by atoms with Crippen LogP contribution < -0.4 is 5.73 Å². The standard InChI is InChI=1S/C15H20N2O3/c1-9(10(2)16)14(18)17-7-6-12-11(8-17)4-3-5-13(12)15(19)20/h3-5,9-10H,6-8,16H2,1-2H3,(H,19,20). The molecule has 2 atom stereocenters. The van der Waals surface area contributed by atoms with Gasteiger partial charge in [-0.3, -0.25) is 4.79 Å². The van der Waals surface area contributed by atoms with Crippen LogP contribution in [0.4, 0.5) is 0 Å². The van der Waals surface area contributed by atoms with Gasteiger partial charge in [0.1, 0.15) is 0 Å². The second kappa shape index (κ2) is 5.63. The number of carboxylic acid groups (broad SMARTS) is 1. The van der Waals surface area contributed by atoms with Crippen molar-refractivity contribution in [2.24, 2.45) is 11.7 Å². The molecule has 0 aliphatic carbocycles. The van der Waals surface area contributed by atoms with E-state index >= 15 is 0 Å². The molecule has 1 aliphatic heterocycles. The lowest BCUT2D eigenvalue weighted by molar-refractivity contribution is -0.136. The summed E-state index contributed by atoms with van der Waals surface area (Å²) in [6, 6.07) is 5.04. The van der Waals surface area contributed by atoms with E-state index in [1.54, 1.807) is 17.0 Å². The third-order valence-corrected chi connectivity index (χ3v) is 3.99. The Kier molecular flexibility index (Phi) is 4.09. The van der Waals surface area contributed by atoms with Gasteiger partial charge in [0.15, 0.2) is 0 Å². The highest BCUT2D eigenvalue weighted by atomic mass is 16.4. The minimum absolute atomic E-state index is 0.0337. The lowest BCUT2D eigenvalue weighted by Crippen LogP contribution is -2.44. The molecule has 1 aliphatic rings. The molecule has 1 aromatic rings. The summed E-state index contributed by atoms with van der Waals surface area (Å²) in [4.78, 5) is 25.3. The number of hydrogen-bond acceptors (Lipinski definition) is 3. The summed E-state index contributed by atoms with van der Waals surface area (Å²) in [6.45, 7) is 4.67. The van der Waals surface area contributed by atoms with Crippen molar-refractivity contribution in [3.8, 4) is 0 Å². The van der Waals surface area contributed by atoms with Gasteiger partial charge in [-0.05, 0) is 30.5 Å². The number of carbonyl (C=O) groups is 2. The van der Waals surface area contributed by atoms with E-state index in [1.807, 2.05) is 19.9 Å². The van der Waals surface area contributed by atoms with Crippen molar-refractivity contribution in [3.05, 3.63) is 34.9 Å². The van der Waals surface area contributed by atoms with Crippen LogP contribution in [0, 0.1) is 5.92 Å². The van der Waals surface area contributed by atoms with Crippen LogP contribution in [0.15, 0.2) is 18.2 Å². The Bertz CT molecular complexity index is 540. The molecular weight excluding hydrogens is 256 g/mol. The van der Waals surface area contributed by atoms with Gasteiger partial charge in [-0.15, -0.1) is 0 Å². The lowest BCUT2D eigenvalue weighted by atomic mass is 9.93. The average Bonchev–Trinajstić information content (AvgIpc) is 2.44.